The molecule has 1 heterocycles. The van der Waals surface area contributed by atoms with Gasteiger partial charge in [-0.15, -0.1) is 0 Å². The average Bonchev–Trinajstić information content (AvgIpc) is 3.16. The lowest BCUT2D eigenvalue weighted by Crippen LogP contribution is -2.32. The molecule has 1 saturated heterocycles. The number of benzene rings is 3. The lowest BCUT2D eigenvalue weighted by molar-refractivity contribution is 0.102. The summed E-state index contributed by atoms with van der Waals surface area (Å²) < 4.78 is 27.8. The first kappa shape index (κ1) is 24.9. The third-order valence-corrected chi connectivity index (χ3v) is 7.97. The molecule has 0 aromatic heterocycles. The molecule has 0 aliphatic carbocycles. The molecule has 3 aromatic rings. The van der Waals surface area contributed by atoms with Crippen LogP contribution in [0.5, 0.6) is 0 Å². The first-order valence-corrected chi connectivity index (χ1v) is 13.2. The fourth-order valence-electron chi connectivity index (χ4n) is 3.95. The molecule has 1 aliphatic heterocycles. The van der Waals surface area contributed by atoms with E-state index in [4.69, 9.17) is 11.6 Å². The van der Waals surface area contributed by atoms with Crippen molar-refractivity contribution in [3.8, 4) is 0 Å². The van der Waals surface area contributed by atoms with Gasteiger partial charge in [0, 0.05) is 29.4 Å². The van der Waals surface area contributed by atoms with Crippen LogP contribution in [0.4, 0.5) is 11.4 Å². The van der Waals surface area contributed by atoms with Gasteiger partial charge in [-0.1, -0.05) is 42.6 Å². The predicted molar refractivity (Wildman–Crippen MR) is 137 cm³/mol. The monoisotopic (exact) mass is 511 g/mol. The number of nitrogens with one attached hydrogen (secondary N) is 2. The van der Waals surface area contributed by atoms with Gasteiger partial charge in [-0.2, -0.15) is 4.31 Å². The summed E-state index contributed by atoms with van der Waals surface area (Å²) >= 11 is 5.90. The Hall–Kier alpha value is -3.20. The standard InChI is InChI=1S/C26H26ClN3O4S/c27-20-12-14-21(15-13-20)28-26(32)23-10-3-4-11-24(23)29-25(31)19-8-7-9-22(18-19)35(33,34)30-16-5-1-2-6-17-30/h3-4,7-15,18H,1-2,5-6,16-17H2,(H,28,32)(H,29,31). The first-order valence-electron chi connectivity index (χ1n) is 11.4. The number of hydrogen-bond acceptors (Lipinski definition) is 4. The molecule has 1 fully saturated rings. The van der Waals surface area contributed by atoms with Crippen molar-refractivity contribution in [1.82, 2.24) is 4.31 Å². The van der Waals surface area contributed by atoms with Crippen LogP contribution in [0.3, 0.4) is 0 Å². The molecule has 0 radical (unpaired) electrons. The van der Waals surface area contributed by atoms with Gasteiger partial charge in [0.1, 0.15) is 0 Å². The van der Waals surface area contributed by atoms with Crippen LogP contribution < -0.4 is 10.6 Å². The predicted octanol–water partition coefficient (Wildman–Crippen LogP) is 5.41. The molecule has 0 atom stereocenters. The molecular weight excluding hydrogens is 486 g/mol. The van der Waals surface area contributed by atoms with Gasteiger partial charge in [0.05, 0.1) is 16.1 Å². The first-order chi connectivity index (χ1) is 16.8. The van der Waals surface area contributed by atoms with E-state index in [0.29, 0.717) is 29.5 Å². The number of rotatable bonds is 6. The Morgan fingerprint density at radius 2 is 1.46 bits per heavy atom. The number of halogens is 1. The zero-order chi connectivity index (χ0) is 24.8. The fourth-order valence-corrected chi connectivity index (χ4v) is 5.63. The minimum Gasteiger partial charge on any atom is -0.322 e. The molecule has 9 heteroatoms. The van der Waals surface area contributed by atoms with Crippen LogP contribution in [0.2, 0.25) is 5.02 Å². The van der Waals surface area contributed by atoms with Gasteiger partial charge >= 0.3 is 0 Å². The summed E-state index contributed by atoms with van der Waals surface area (Å²) in [5, 5.41) is 6.07. The maximum absolute atomic E-state index is 13.1. The highest BCUT2D eigenvalue weighted by Crippen LogP contribution is 2.23. The van der Waals surface area contributed by atoms with Crippen LogP contribution in [0.1, 0.15) is 46.4 Å². The van der Waals surface area contributed by atoms with Crippen molar-refractivity contribution in [2.75, 3.05) is 23.7 Å². The van der Waals surface area contributed by atoms with E-state index in [0.717, 1.165) is 25.7 Å². The number of para-hydroxylation sites is 1. The Morgan fingerprint density at radius 3 is 2.17 bits per heavy atom. The summed E-state index contributed by atoms with van der Waals surface area (Å²) in [6.07, 6.45) is 3.68. The summed E-state index contributed by atoms with van der Waals surface area (Å²) in [5.41, 5.74) is 1.33. The van der Waals surface area contributed by atoms with Crippen LogP contribution >= 0.6 is 11.6 Å². The SMILES string of the molecule is O=C(Nc1ccccc1C(=O)Nc1ccc(Cl)cc1)c1cccc(S(=O)(=O)N2CCCCCC2)c1. The van der Waals surface area contributed by atoms with E-state index in [1.165, 1.54) is 16.4 Å². The summed E-state index contributed by atoms with van der Waals surface area (Å²) in [7, 11) is -3.69. The number of anilines is 2. The minimum absolute atomic E-state index is 0.0841. The van der Waals surface area contributed by atoms with Crippen LogP contribution in [0.25, 0.3) is 0 Å². The van der Waals surface area contributed by atoms with Crippen molar-refractivity contribution in [3.05, 3.63) is 88.9 Å². The van der Waals surface area contributed by atoms with Crippen LogP contribution in [-0.4, -0.2) is 37.6 Å². The Morgan fingerprint density at radius 1 is 0.771 bits per heavy atom. The van der Waals surface area contributed by atoms with Crippen LogP contribution in [0.15, 0.2) is 77.7 Å². The number of amides is 2. The number of nitrogens with zero attached hydrogens (tertiary/aromatic N) is 1. The van der Waals surface area contributed by atoms with E-state index < -0.39 is 21.8 Å². The molecule has 0 unspecified atom stereocenters. The van der Waals surface area contributed by atoms with Crippen molar-refractivity contribution < 1.29 is 18.0 Å². The van der Waals surface area contributed by atoms with Gasteiger partial charge in [0.2, 0.25) is 10.0 Å². The van der Waals surface area contributed by atoms with E-state index >= 15 is 0 Å². The van der Waals surface area contributed by atoms with Gasteiger partial charge in [-0.3, -0.25) is 9.59 Å². The molecule has 35 heavy (non-hydrogen) atoms. The maximum Gasteiger partial charge on any atom is 0.257 e. The second-order valence-corrected chi connectivity index (χ2v) is 10.7. The van der Waals surface area contributed by atoms with E-state index in [9.17, 15) is 18.0 Å². The molecule has 3 aromatic carbocycles. The lowest BCUT2D eigenvalue weighted by Gasteiger charge is -2.20. The van der Waals surface area contributed by atoms with E-state index in [-0.39, 0.29) is 16.0 Å². The number of carbonyl (C=O) groups excluding carboxylic acids is 2. The largest absolute Gasteiger partial charge is 0.322 e. The Labute approximate surface area is 210 Å². The molecule has 7 nitrogen and oxygen atoms in total. The highest BCUT2D eigenvalue weighted by atomic mass is 35.5. The van der Waals surface area contributed by atoms with E-state index in [1.807, 2.05) is 0 Å². The molecule has 0 saturated carbocycles. The molecular formula is C26H26ClN3O4S. The van der Waals surface area contributed by atoms with Crippen molar-refractivity contribution in [2.45, 2.75) is 30.6 Å². The van der Waals surface area contributed by atoms with Gasteiger partial charge in [-0.05, 0) is 67.4 Å². The molecule has 2 N–H and O–H groups in total. The van der Waals surface area contributed by atoms with Crippen LogP contribution in [0, 0.1) is 0 Å². The second-order valence-electron chi connectivity index (χ2n) is 8.31. The fraction of sp³-hybridized carbons (Fsp3) is 0.231. The van der Waals surface area contributed by atoms with Crippen molar-refractivity contribution in [1.29, 1.82) is 0 Å². The maximum atomic E-state index is 13.1. The highest BCUT2D eigenvalue weighted by molar-refractivity contribution is 7.89. The zero-order valence-corrected chi connectivity index (χ0v) is 20.6. The van der Waals surface area contributed by atoms with Crippen LogP contribution in [-0.2, 0) is 10.0 Å². The molecule has 2 amide bonds. The van der Waals surface area contributed by atoms with Crippen molar-refractivity contribution in [2.24, 2.45) is 0 Å². The van der Waals surface area contributed by atoms with Gasteiger partial charge < -0.3 is 10.6 Å². The Bertz CT molecular complexity index is 1320. The lowest BCUT2D eigenvalue weighted by atomic mass is 10.1. The second kappa shape index (κ2) is 11.0. The molecule has 0 spiro atoms. The minimum atomic E-state index is -3.69. The molecule has 182 valence electrons. The normalized spacial score (nSPS) is 14.7. The summed E-state index contributed by atoms with van der Waals surface area (Å²) in [4.78, 5) is 26.0. The van der Waals surface area contributed by atoms with Gasteiger partial charge in [-0.25, -0.2) is 8.42 Å². The summed E-state index contributed by atoms with van der Waals surface area (Å²) in [5.74, 6) is -0.912. The van der Waals surface area contributed by atoms with Gasteiger partial charge in [0.15, 0.2) is 0 Å². The number of hydrogen-bond donors (Lipinski definition) is 2. The molecule has 0 bridgehead atoms. The summed E-state index contributed by atoms with van der Waals surface area (Å²) in [6.45, 7) is 0.962. The van der Waals surface area contributed by atoms with Gasteiger partial charge in [0.25, 0.3) is 11.8 Å². The smallest absolute Gasteiger partial charge is 0.257 e. The van der Waals surface area contributed by atoms with Crippen molar-refractivity contribution >= 4 is 44.8 Å². The van der Waals surface area contributed by atoms with E-state index in [2.05, 4.69) is 10.6 Å². The highest BCUT2D eigenvalue weighted by Gasteiger charge is 2.26. The third kappa shape index (κ3) is 6.08. The summed E-state index contributed by atoms with van der Waals surface area (Å²) in [6, 6.07) is 19.3. The third-order valence-electron chi connectivity index (χ3n) is 5.82. The average molecular weight is 512 g/mol. The Kier molecular flexibility index (Phi) is 7.85. The molecule has 4 rings (SSSR count). The van der Waals surface area contributed by atoms with E-state index in [1.54, 1.807) is 60.7 Å². The Balaban J connectivity index is 1.53. The topological polar surface area (TPSA) is 95.6 Å². The van der Waals surface area contributed by atoms with Crippen molar-refractivity contribution in [3.63, 3.8) is 0 Å². The zero-order valence-electron chi connectivity index (χ0n) is 19.0. The quantitative estimate of drug-likeness (QED) is 0.462. The number of carbonyl (C=O) groups is 2. The number of sulfonamides is 1. The molecule has 1 aliphatic rings.